The molecule has 0 bridgehead atoms. The molecule has 0 spiro atoms. The Morgan fingerprint density at radius 1 is 1.00 bits per heavy atom. The fourth-order valence-corrected chi connectivity index (χ4v) is 3.47. The number of nitrogens with one attached hydrogen (secondary N) is 1. The molecule has 3 aromatic carbocycles. The van der Waals surface area contributed by atoms with E-state index in [2.05, 4.69) is 15.5 Å². The Bertz CT molecular complexity index is 1320. The Hall–Kier alpha value is -4.10. The first-order valence-corrected chi connectivity index (χ1v) is 9.64. The first-order chi connectivity index (χ1) is 15.0. The minimum atomic E-state index is -0.548. The Morgan fingerprint density at radius 3 is 2.45 bits per heavy atom. The smallest absolute Gasteiger partial charge is 0.266 e. The van der Waals surface area contributed by atoms with E-state index in [9.17, 15) is 14.9 Å². The molecule has 0 radical (unpaired) electrons. The van der Waals surface area contributed by atoms with Gasteiger partial charge in [-0.25, -0.2) is 10.4 Å². The molecule has 0 atom stereocenters. The minimum absolute atomic E-state index is 0.0652. The van der Waals surface area contributed by atoms with Crippen LogP contribution in [0.25, 0.3) is 21.9 Å². The molecule has 0 saturated heterocycles. The van der Waals surface area contributed by atoms with Gasteiger partial charge in [0.05, 0.1) is 11.1 Å². The molecule has 1 heterocycles. The summed E-state index contributed by atoms with van der Waals surface area (Å²) in [7, 11) is 0. The van der Waals surface area contributed by atoms with Crippen LogP contribution >= 0.6 is 11.6 Å². The molecular weight excluding hydrogens is 416 g/mol. The molecule has 0 saturated carbocycles. The zero-order valence-corrected chi connectivity index (χ0v) is 16.8. The van der Waals surface area contributed by atoms with Crippen molar-refractivity contribution < 1.29 is 9.72 Å². The number of fused-ring (bicyclic) bond motifs is 1. The average molecular weight is 431 g/mol. The first kappa shape index (κ1) is 20.2. The summed E-state index contributed by atoms with van der Waals surface area (Å²) in [6, 6.07) is 22.8. The first-order valence-electron chi connectivity index (χ1n) is 9.26. The summed E-state index contributed by atoms with van der Waals surface area (Å²) in [5, 5.41) is 16.6. The Kier molecular flexibility index (Phi) is 5.68. The van der Waals surface area contributed by atoms with Crippen LogP contribution in [0.2, 0.25) is 5.15 Å². The second-order valence-corrected chi connectivity index (χ2v) is 6.95. The molecule has 4 aromatic rings. The second kappa shape index (κ2) is 8.73. The van der Waals surface area contributed by atoms with Crippen molar-refractivity contribution in [1.29, 1.82) is 0 Å². The van der Waals surface area contributed by atoms with Crippen LogP contribution in [-0.2, 0) is 0 Å². The number of non-ortho nitro benzene ring substituents is 1. The number of carbonyl (C=O) groups excluding carboxylic acids is 1. The fourth-order valence-electron chi connectivity index (χ4n) is 3.22. The maximum Gasteiger partial charge on any atom is 0.290 e. The van der Waals surface area contributed by atoms with E-state index in [1.165, 1.54) is 18.3 Å². The molecule has 0 aliphatic heterocycles. The number of pyridine rings is 1. The third-order valence-electron chi connectivity index (χ3n) is 4.60. The van der Waals surface area contributed by atoms with Crippen molar-refractivity contribution in [2.45, 2.75) is 0 Å². The predicted molar refractivity (Wildman–Crippen MR) is 120 cm³/mol. The number of nitrogens with zero attached hydrogens (tertiary/aromatic N) is 3. The number of carbonyl (C=O) groups is 1. The van der Waals surface area contributed by atoms with Gasteiger partial charge in [0.1, 0.15) is 10.8 Å². The maximum absolute atomic E-state index is 12.9. The van der Waals surface area contributed by atoms with Gasteiger partial charge in [0.25, 0.3) is 11.6 Å². The lowest BCUT2D eigenvalue weighted by Crippen LogP contribution is -2.20. The summed E-state index contributed by atoms with van der Waals surface area (Å²) in [6.45, 7) is 0. The van der Waals surface area contributed by atoms with Crippen molar-refractivity contribution in [2.75, 3.05) is 0 Å². The average Bonchev–Trinajstić information content (AvgIpc) is 2.79. The van der Waals surface area contributed by atoms with E-state index in [4.69, 9.17) is 11.6 Å². The number of nitro benzene ring substituents is 1. The number of hydrogen-bond donors (Lipinski definition) is 1. The van der Waals surface area contributed by atoms with Gasteiger partial charge in [0.2, 0.25) is 0 Å². The van der Waals surface area contributed by atoms with E-state index in [0.29, 0.717) is 11.1 Å². The van der Waals surface area contributed by atoms with Crippen molar-refractivity contribution in [2.24, 2.45) is 5.10 Å². The number of halogens is 1. The third-order valence-corrected chi connectivity index (χ3v) is 4.89. The zero-order valence-electron chi connectivity index (χ0n) is 16.0. The van der Waals surface area contributed by atoms with Crippen LogP contribution in [0.3, 0.4) is 0 Å². The Labute approximate surface area is 182 Å². The molecule has 31 heavy (non-hydrogen) atoms. The summed E-state index contributed by atoms with van der Waals surface area (Å²) in [5.74, 6) is -0.548. The normalized spacial score (nSPS) is 11.0. The molecule has 152 valence electrons. The predicted octanol–water partition coefficient (Wildman–Crippen LogP) is 5.23. The van der Waals surface area contributed by atoms with E-state index < -0.39 is 10.8 Å². The Morgan fingerprint density at radius 2 is 1.71 bits per heavy atom. The molecule has 4 rings (SSSR count). The van der Waals surface area contributed by atoms with Crippen molar-refractivity contribution in [1.82, 2.24) is 10.4 Å². The molecule has 0 fully saturated rings. The fraction of sp³-hybridized carbons (Fsp3) is 0. The summed E-state index contributed by atoms with van der Waals surface area (Å²) < 4.78 is 0. The van der Waals surface area contributed by atoms with Crippen molar-refractivity contribution in [3.63, 3.8) is 0 Å². The molecule has 0 aliphatic rings. The molecule has 1 N–H and O–H groups in total. The van der Waals surface area contributed by atoms with Gasteiger partial charge in [0.15, 0.2) is 0 Å². The summed E-state index contributed by atoms with van der Waals surface area (Å²) >= 11 is 6.35. The number of rotatable bonds is 5. The van der Waals surface area contributed by atoms with E-state index in [1.807, 2.05) is 54.6 Å². The van der Waals surface area contributed by atoms with Crippen molar-refractivity contribution in [3.05, 3.63) is 105 Å². The van der Waals surface area contributed by atoms with Gasteiger partial charge in [-0.05, 0) is 10.9 Å². The Balaban J connectivity index is 1.71. The van der Waals surface area contributed by atoms with Crippen LogP contribution in [0, 0.1) is 10.1 Å². The monoisotopic (exact) mass is 430 g/mol. The third kappa shape index (κ3) is 4.26. The number of nitro groups is 1. The van der Waals surface area contributed by atoms with Crippen molar-refractivity contribution in [3.8, 4) is 11.1 Å². The lowest BCUT2D eigenvalue weighted by atomic mass is 9.97. The molecule has 1 aromatic heterocycles. The SMILES string of the molecule is O=C(N/N=C/c1cccc([N+](=O)[O-])c1)c1nc(Cl)c2ccccc2c1-c1ccccc1. The molecule has 0 aliphatic carbocycles. The summed E-state index contributed by atoms with van der Waals surface area (Å²) in [4.78, 5) is 27.7. The van der Waals surface area contributed by atoms with Gasteiger partial charge in [-0.15, -0.1) is 0 Å². The van der Waals surface area contributed by atoms with Gasteiger partial charge in [0, 0.05) is 28.6 Å². The van der Waals surface area contributed by atoms with Crippen molar-refractivity contribution >= 4 is 40.2 Å². The number of hydrogen-bond acceptors (Lipinski definition) is 5. The number of hydrazone groups is 1. The highest BCUT2D eigenvalue weighted by molar-refractivity contribution is 6.35. The van der Waals surface area contributed by atoms with Crippen LogP contribution in [0.15, 0.2) is 84.0 Å². The van der Waals surface area contributed by atoms with E-state index in [-0.39, 0.29) is 16.5 Å². The topological polar surface area (TPSA) is 97.5 Å². The van der Waals surface area contributed by atoms with E-state index >= 15 is 0 Å². The molecule has 8 heteroatoms. The van der Waals surface area contributed by atoms with Gasteiger partial charge in [-0.3, -0.25) is 14.9 Å². The quantitative estimate of drug-likeness (QED) is 0.203. The maximum atomic E-state index is 12.9. The largest absolute Gasteiger partial charge is 0.290 e. The lowest BCUT2D eigenvalue weighted by molar-refractivity contribution is -0.384. The lowest BCUT2D eigenvalue weighted by Gasteiger charge is -2.13. The summed E-state index contributed by atoms with van der Waals surface area (Å²) in [6.07, 6.45) is 1.33. The van der Waals surface area contributed by atoms with Crippen LogP contribution in [0.5, 0.6) is 0 Å². The number of benzene rings is 3. The zero-order chi connectivity index (χ0) is 21.8. The van der Waals surface area contributed by atoms with E-state index in [0.717, 1.165) is 16.3 Å². The molecule has 0 unspecified atom stereocenters. The molecule has 7 nitrogen and oxygen atoms in total. The molecular formula is C23H15ClN4O3. The number of amides is 1. The highest BCUT2D eigenvalue weighted by Gasteiger charge is 2.19. The van der Waals surface area contributed by atoms with Gasteiger partial charge in [-0.1, -0.05) is 78.3 Å². The van der Waals surface area contributed by atoms with Crippen LogP contribution < -0.4 is 5.43 Å². The molecule has 1 amide bonds. The van der Waals surface area contributed by atoms with Crippen LogP contribution in [0.1, 0.15) is 16.1 Å². The van der Waals surface area contributed by atoms with Gasteiger partial charge >= 0.3 is 0 Å². The summed E-state index contributed by atoms with van der Waals surface area (Å²) in [5.41, 5.74) is 4.44. The number of aromatic nitrogens is 1. The van der Waals surface area contributed by atoms with Gasteiger partial charge < -0.3 is 0 Å². The second-order valence-electron chi connectivity index (χ2n) is 6.59. The highest BCUT2D eigenvalue weighted by Crippen LogP contribution is 2.34. The van der Waals surface area contributed by atoms with Crippen LogP contribution in [-0.4, -0.2) is 22.0 Å². The van der Waals surface area contributed by atoms with E-state index in [1.54, 1.807) is 12.1 Å². The van der Waals surface area contributed by atoms with Crippen LogP contribution in [0.4, 0.5) is 5.69 Å². The van der Waals surface area contributed by atoms with Gasteiger partial charge in [-0.2, -0.15) is 5.10 Å². The highest BCUT2D eigenvalue weighted by atomic mass is 35.5. The minimum Gasteiger partial charge on any atom is -0.266 e. The standard InChI is InChI=1S/C23H15ClN4O3/c24-22-19-12-5-4-11-18(19)20(16-8-2-1-3-9-16)21(26-22)23(29)27-25-14-15-7-6-10-17(13-15)28(30)31/h1-14H,(H,27,29)/b25-14+.